The molecule has 0 heterocycles. The first kappa shape index (κ1) is 25.3. The topological polar surface area (TPSA) is 0 Å². The molecule has 3 aromatic carbocycles. The Morgan fingerprint density at radius 1 is 0.600 bits per heavy atom. The molecule has 0 aliphatic heterocycles. The molecule has 0 atom stereocenters. The van der Waals surface area contributed by atoms with Gasteiger partial charge in [-0.3, -0.25) is 0 Å². The highest BCUT2D eigenvalue weighted by Gasteiger charge is 2.22. The van der Waals surface area contributed by atoms with Crippen molar-refractivity contribution in [2.45, 2.75) is 58.3 Å². The number of rotatable bonds is 7. The minimum Gasteiger partial charge on any atom is -0.206 e. The molecular formula is C29H28F6. The molecule has 0 N–H and O–H groups in total. The van der Waals surface area contributed by atoms with Crippen LogP contribution in [0, 0.1) is 46.7 Å². The Bertz CT molecular complexity index is 1170. The molecule has 6 heteroatoms. The van der Waals surface area contributed by atoms with E-state index in [1.165, 1.54) is 49.9 Å². The Kier molecular flexibility index (Phi) is 7.88. The average molecular weight is 491 g/mol. The third-order valence-corrected chi connectivity index (χ3v) is 7.22. The first-order valence-electron chi connectivity index (χ1n) is 12.2. The van der Waals surface area contributed by atoms with Crippen LogP contribution >= 0.6 is 0 Å². The third kappa shape index (κ3) is 5.57. The van der Waals surface area contributed by atoms with Gasteiger partial charge in [0.1, 0.15) is 5.82 Å². The molecule has 0 amide bonds. The number of halogens is 6. The Labute approximate surface area is 202 Å². The van der Waals surface area contributed by atoms with E-state index in [2.05, 4.69) is 6.92 Å². The molecule has 1 fully saturated rings. The van der Waals surface area contributed by atoms with E-state index in [4.69, 9.17) is 0 Å². The highest BCUT2D eigenvalue weighted by molar-refractivity contribution is 5.71. The van der Waals surface area contributed by atoms with Crippen molar-refractivity contribution in [1.29, 1.82) is 0 Å². The van der Waals surface area contributed by atoms with E-state index in [1.54, 1.807) is 0 Å². The van der Waals surface area contributed by atoms with E-state index in [9.17, 15) is 26.3 Å². The summed E-state index contributed by atoms with van der Waals surface area (Å²) in [6, 6.07) is 7.84. The Morgan fingerprint density at radius 3 is 1.77 bits per heavy atom. The lowest BCUT2D eigenvalue weighted by Crippen LogP contribution is -2.15. The van der Waals surface area contributed by atoms with Crippen molar-refractivity contribution in [2.24, 2.45) is 11.8 Å². The van der Waals surface area contributed by atoms with Gasteiger partial charge in [-0.1, -0.05) is 69.7 Å². The van der Waals surface area contributed by atoms with Crippen molar-refractivity contribution in [3.8, 4) is 22.3 Å². The maximum absolute atomic E-state index is 14.9. The molecular weight excluding hydrogens is 462 g/mol. The Hall–Kier alpha value is -2.76. The van der Waals surface area contributed by atoms with Crippen molar-refractivity contribution in [3.63, 3.8) is 0 Å². The van der Waals surface area contributed by atoms with Gasteiger partial charge in [0.25, 0.3) is 0 Å². The maximum Gasteiger partial charge on any atom is 0.194 e. The summed E-state index contributed by atoms with van der Waals surface area (Å²) in [5.41, 5.74) is -0.0927. The summed E-state index contributed by atoms with van der Waals surface area (Å²) in [4.78, 5) is 0. The van der Waals surface area contributed by atoms with Gasteiger partial charge in [0.15, 0.2) is 29.1 Å². The number of hydrogen-bond donors (Lipinski definition) is 0. The normalized spacial score (nSPS) is 18.1. The summed E-state index contributed by atoms with van der Waals surface area (Å²) in [7, 11) is 0. The zero-order chi connectivity index (χ0) is 25.1. The van der Waals surface area contributed by atoms with E-state index >= 15 is 0 Å². The van der Waals surface area contributed by atoms with Crippen LogP contribution in [0.2, 0.25) is 0 Å². The molecule has 1 aliphatic carbocycles. The van der Waals surface area contributed by atoms with Gasteiger partial charge in [0, 0.05) is 11.1 Å². The van der Waals surface area contributed by atoms with Crippen LogP contribution in [0.15, 0.2) is 42.5 Å². The summed E-state index contributed by atoms with van der Waals surface area (Å²) in [5, 5.41) is 0. The minimum atomic E-state index is -1.65. The summed E-state index contributed by atoms with van der Waals surface area (Å²) >= 11 is 0. The van der Waals surface area contributed by atoms with Crippen LogP contribution in [-0.2, 0) is 6.42 Å². The molecule has 0 bridgehead atoms. The highest BCUT2D eigenvalue weighted by atomic mass is 19.2. The van der Waals surface area contributed by atoms with E-state index in [0.717, 1.165) is 31.2 Å². The van der Waals surface area contributed by atoms with Gasteiger partial charge in [-0.05, 0) is 59.6 Å². The third-order valence-electron chi connectivity index (χ3n) is 7.22. The average Bonchev–Trinajstić information content (AvgIpc) is 2.84. The molecule has 35 heavy (non-hydrogen) atoms. The van der Waals surface area contributed by atoms with E-state index < -0.39 is 34.9 Å². The fourth-order valence-electron chi connectivity index (χ4n) is 5.21. The quantitative estimate of drug-likeness (QED) is 0.229. The maximum atomic E-state index is 14.9. The number of hydrogen-bond acceptors (Lipinski definition) is 0. The molecule has 186 valence electrons. The molecule has 0 radical (unpaired) electrons. The van der Waals surface area contributed by atoms with Crippen LogP contribution in [0.5, 0.6) is 0 Å². The summed E-state index contributed by atoms with van der Waals surface area (Å²) in [6.07, 6.45) is 8.36. The molecule has 3 aromatic rings. The first-order valence-corrected chi connectivity index (χ1v) is 12.2. The lowest BCUT2D eigenvalue weighted by atomic mass is 9.78. The van der Waals surface area contributed by atoms with Crippen LogP contribution in [0.25, 0.3) is 22.3 Å². The molecule has 0 aromatic heterocycles. The molecule has 0 spiro atoms. The van der Waals surface area contributed by atoms with E-state index in [0.29, 0.717) is 30.0 Å². The Balaban J connectivity index is 1.49. The molecule has 0 unspecified atom stereocenters. The first-order chi connectivity index (χ1) is 16.8. The molecule has 0 nitrogen and oxygen atoms in total. The number of benzene rings is 3. The monoisotopic (exact) mass is 490 g/mol. The standard InChI is InChI=1S/C29H28F6/c1-2-3-17-4-6-18(7-5-17)8-9-19-10-13-23(28(34)27(19)33)20-11-12-22(24(30)14-20)21-15-25(31)29(35)26(32)16-21/h10-18H,2-9H2,1H3. The highest BCUT2D eigenvalue weighted by Crippen LogP contribution is 2.35. The predicted molar refractivity (Wildman–Crippen MR) is 126 cm³/mol. The second kappa shape index (κ2) is 10.9. The van der Waals surface area contributed by atoms with Crippen molar-refractivity contribution in [1.82, 2.24) is 0 Å². The van der Waals surface area contributed by atoms with Crippen molar-refractivity contribution >= 4 is 0 Å². The molecule has 4 rings (SSSR count). The molecule has 1 aliphatic rings. The van der Waals surface area contributed by atoms with Crippen LogP contribution < -0.4 is 0 Å². The second-order valence-electron chi connectivity index (χ2n) is 9.56. The molecule has 0 saturated heterocycles. The van der Waals surface area contributed by atoms with Crippen molar-refractivity contribution in [2.75, 3.05) is 0 Å². The summed E-state index contributed by atoms with van der Waals surface area (Å²) in [5.74, 6) is -6.11. The lowest BCUT2D eigenvalue weighted by Gasteiger charge is -2.28. The van der Waals surface area contributed by atoms with Crippen LogP contribution in [0.4, 0.5) is 26.3 Å². The fourth-order valence-corrected chi connectivity index (χ4v) is 5.21. The van der Waals surface area contributed by atoms with Crippen molar-refractivity contribution < 1.29 is 26.3 Å². The van der Waals surface area contributed by atoms with Crippen LogP contribution in [0.3, 0.4) is 0 Å². The lowest BCUT2D eigenvalue weighted by molar-refractivity contribution is 0.251. The predicted octanol–water partition coefficient (Wildman–Crippen LogP) is 9.39. The minimum absolute atomic E-state index is 0.0894. The van der Waals surface area contributed by atoms with Crippen molar-refractivity contribution in [3.05, 3.63) is 82.9 Å². The van der Waals surface area contributed by atoms with E-state index in [1.807, 2.05) is 0 Å². The van der Waals surface area contributed by atoms with Crippen LogP contribution in [0.1, 0.15) is 57.4 Å². The Morgan fingerprint density at radius 2 is 1.17 bits per heavy atom. The van der Waals surface area contributed by atoms with Gasteiger partial charge in [-0.2, -0.15) is 0 Å². The van der Waals surface area contributed by atoms with Gasteiger partial charge in [0.05, 0.1) is 0 Å². The fraction of sp³-hybridized carbons (Fsp3) is 0.379. The largest absolute Gasteiger partial charge is 0.206 e. The SMILES string of the molecule is CCCC1CCC(CCc2ccc(-c3ccc(-c4cc(F)c(F)c(F)c4)c(F)c3)c(F)c2F)CC1. The smallest absolute Gasteiger partial charge is 0.194 e. The van der Waals surface area contributed by atoms with Gasteiger partial charge >= 0.3 is 0 Å². The van der Waals surface area contributed by atoms with E-state index in [-0.39, 0.29) is 22.3 Å². The summed E-state index contributed by atoms with van der Waals surface area (Å²) < 4.78 is 84.8. The van der Waals surface area contributed by atoms with Gasteiger partial charge in [-0.25, -0.2) is 26.3 Å². The zero-order valence-electron chi connectivity index (χ0n) is 19.6. The van der Waals surface area contributed by atoms with Crippen LogP contribution in [-0.4, -0.2) is 0 Å². The van der Waals surface area contributed by atoms with Gasteiger partial charge in [0.2, 0.25) is 0 Å². The van der Waals surface area contributed by atoms with Gasteiger partial charge < -0.3 is 0 Å². The zero-order valence-corrected chi connectivity index (χ0v) is 19.6. The summed E-state index contributed by atoms with van der Waals surface area (Å²) in [6.45, 7) is 2.20. The van der Waals surface area contributed by atoms with Gasteiger partial charge in [-0.15, -0.1) is 0 Å². The second-order valence-corrected chi connectivity index (χ2v) is 9.56. The molecule has 1 saturated carbocycles. The number of aryl methyl sites for hydroxylation is 1.